The maximum absolute atomic E-state index is 4.70. The van der Waals surface area contributed by atoms with Gasteiger partial charge < -0.3 is 0 Å². The van der Waals surface area contributed by atoms with Crippen LogP contribution in [0.1, 0.15) is 0 Å². The molecule has 42 heavy (non-hydrogen) atoms. The van der Waals surface area contributed by atoms with Crippen LogP contribution >= 0.6 is 0 Å². The van der Waals surface area contributed by atoms with Crippen molar-refractivity contribution in [3.8, 4) is 22.3 Å². The van der Waals surface area contributed by atoms with E-state index >= 15 is 0 Å². The molecule has 0 unspecified atom stereocenters. The van der Waals surface area contributed by atoms with Gasteiger partial charge in [-0.15, -0.1) is 0 Å². The molecule has 1 nitrogen and oxygen atoms in total. The van der Waals surface area contributed by atoms with Gasteiger partial charge in [0.15, 0.2) is 0 Å². The van der Waals surface area contributed by atoms with Gasteiger partial charge in [-0.3, -0.25) is 4.98 Å². The van der Waals surface area contributed by atoms with Gasteiger partial charge in [-0.05, 0) is 99.7 Å². The lowest BCUT2D eigenvalue weighted by Crippen LogP contribution is -1.94. The lowest BCUT2D eigenvalue weighted by atomic mass is 9.83. The molecule has 194 valence electrons. The maximum Gasteiger partial charge on any atom is 0.0353 e. The molecule has 0 aliphatic carbocycles. The van der Waals surface area contributed by atoms with E-state index in [-0.39, 0.29) is 0 Å². The summed E-state index contributed by atoms with van der Waals surface area (Å²) in [6.45, 7) is 0. The van der Waals surface area contributed by atoms with Crippen molar-refractivity contribution < 1.29 is 0 Å². The number of fused-ring (bicyclic) bond motifs is 8. The second-order valence-electron chi connectivity index (χ2n) is 11.1. The van der Waals surface area contributed by atoms with Crippen LogP contribution in [0.25, 0.3) is 86.9 Å². The lowest BCUT2D eigenvalue weighted by Gasteiger charge is -2.20. The molecule has 9 aromatic rings. The molecule has 0 aliphatic heterocycles. The Balaban J connectivity index is 1.49. The minimum atomic E-state index is 1.17. The molecule has 9 rings (SSSR count). The molecule has 0 spiro atoms. The van der Waals surface area contributed by atoms with Crippen molar-refractivity contribution >= 4 is 64.6 Å². The summed E-state index contributed by atoms with van der Waals surface area (Å²) in [6.07, 6.45) is 4.00. The van der Waals surface area contributed by atoms with E-state index < -0.39 is 0 Å². The Hall–Kier alpha value is -5.53. The zero-order valence-electron chi connectivity index (χ0n) is 22.9. The highest BCUT2D eigenvalue weighted by Crippen LogP contribution is 2.48. The number of hydrogen-bond donors (Lipinski definition) is 0. The van der Waals surface area contributed by atoms with E-state index in [0.717, 1.165) is 0 Å². The molecule has 0 N–H and O–H groups in total. The highest BCUT2D eigenvalue weighted by atomic mass is 14.6. The fourth-order valence-electron chi connectivity index (χ4n) is 7.12. The number of nitrogens with zero attached hydrogens (tertiary/aromatic N) is 1. The van der Waals surface area contributed by atoms with Crippen LogP contribution in [0.5, 0.6) is 0 Å². The molecule has 0 aliphatic rings. The summed E-state index contributed by atoms with van der Waals surface area (Å²) in [6, 6.07) is 50.9. The van der Waals surface area contributed by atoms with Gasteiger partial charge in [0.05, 0.1) is 0 Å². The van der Waals surface area contributed by atoms with Gasteiger partial charge in [0.25, 0.3) is 0 Å². The van der Waals surface area contributed by atoms with E-state index in [9.17, 15) is 0 Å². The minimum Gasteiger partial charge on any atom is -0.264 e. The van der Waals surface area contributed by atoms with E-state index in [4.69, 9.17) is 4.98 Å². The quantitative estimate of drug-likeness (QED) is 0.160. The minimum absolute atomic E-state index is 1.17. The maximum atomic E-state index is 4.70. The first-order valence-electron chi connectivity index (χ1n) is 14.5. The average Bonchev–Trinajstić information content (AvgIpc) is 3.06. The fourth-order valence-corrected chi connectivity index (χ4v) is 7.12. The zero-order chi connectivity index (χ0) is 27.6. The third kappa shape index (κ3) is 3.28. The summed E-state index contributed by atoms with van der Waals surface area (Å²) in [5, 5.41) is 15.0. The Labute approximate surface area is 243 Å². The van der Waals surface area contributed by atoms with Crippen LogP contribution in [0.4, 0.5) is 0 Å². The molecule has 0 fully saturated rings. The van der Waals surface area contributed by atoms with Gasteiger partial charge in [-0.1, -0.05) is 121 Å². The van der Waals surface area contributed by atoms with Crippen LogP contribution in [0.2, 0.25) is 0 Å². The number of hydrogen-bond acceptors (Lipinski definition) is 1. The van der Waals surface area contributed by atoms with Crippen molar-refractivity contribution in [1.29, 1.82) is 0 Å². The first-order chi connectivity index (χ1) is 20.9. The smallest absolute Gasteiger partial charge is 0.0353 e. The second kappa shape index (κ2) is 8.99. The predicted molar refractivity (Wildman–Crippen MR) is 180 cm³/mol. The van der Waals surface area contributed by atoms with Crippen molar-refractivity contribution in [2.75, 3.05) is 0 Å². The van der Waals surface area contributed by atoms with E-state index in [2.05, 4.69) is 146 Å². The summed E-state index contributed by atoms with van der Waals surface area (Å²) < 4.78 is 0. The Morgan fingerprint density at radius 2 is 0.690 bits per heavy atom. The average molecular weight is 532 g/mol. The van der Waals surface area contributed by atoms with Gasteiger partial charge in [0, 0.05) is 17.8 Å². The molecular formula is C41H25N. The van der Waals surface area contributed by atoms with Crippen LogP contribution in [-0.2, 0) is 0 Å². The predicted octanol–water partition coefficient (Wildman–Crippen LogP) is 11.3. The number of rotatable bonds is 2. The molecule has 0 atom stereocenters. The molecule has 0 bridgehead atoms. The molecule has 0 saturated carbocycles. The SMILES string of the molecule is c1ccc2c(c1)cc(-c1c3ccccc3c(-c3cc4ccccc4c4ccccc34)c3cnccc13)c1ccccc12. The Kier molecular flexibility index (Phi) is 4.97. The number of benzene rings is 8. The highest BCUT2D eigenvalue weighted by molar-refractivity contribution is 6.28. The van der Waals surface area contributed by atoms with Crippen LogP contribution in [0, 0.1) is 0 Å². The molecule has 1 aromatic heterocycles. The van der Waals surface area contributed by atoms with Gasteiger partial charge in [-0.25, -0.2) is 0 Å². The second-order valence-corrected chi connectivity index (χ2v) is 11.1. The summed E-state index contributed by atoms with van der Waals surface area (Å²) in [5.74, 6) is 0. The summed E-state index contributed by atoms with van der Waals surface area (Å²) in [4.78, 5) is 4.70. The van der Waals surface area contributed by atoms with E-state index in [1.165, 1.54) is 86.9 Å². The van der Waals surface area contributed by atoms with Gasteiger partial charge in [0.1, 0.15) is 0 Å². The van der Waals surface area contributed by atoms with Crippen LogP contribution in [0.15, 0.2) is 152 Å². The van der Waals surface area contributed by atoms with Crippen molar-refractivity contribution in [2.45, 2.75) is 0 Å². The Morgan fingerprint density at radius 3 is 1.21 bits per heavy atom. The van der Waals surface area contributed by atoms with E-state index in [1.807, 2.05) is 6.20 Å². The third-order valence-corrected chi connectivity index (χ3v) is 8.90. The summed E-state index contributed by atoms with van der Waals surface area (Å²) >= 11 is 0. The standard InChI is InChI=1S/C41H25N/c1-3-13-28-26(11-1)23-37(32-17-7-5-15-30(28)32)40-34-19-9-10-20-35(34)41(39-25-42-22-21-36(39)40)38-24-27-12-2-4-14-29(27)31-16-6-8-18-33(31)38/h1-25H. The van der Waals surface area contributed by atoms with Crippen molar-refractivity contribution in [1.82, 2.24) is 4.98 Å². The van der Waals surface area contributed by atoms with Crippen molar-refractivity contribution in [2.24, 2.45) is 0 Å². The van der Waals surface area contributed by atoms with Crippen LogP contribution in [-0.4, -0.2) is 4.98 Å². The summed E-state index contributed by atoms with van der Waals surface area (Å²) in [7, 11) is 0. The first-order valence-corrected chi connectivity index (χ1v) is 14.5. The largest absolute Gasteiger partial charge is 0.264 e. The zero-order valence-corrected chi connectivity index (χ0v) is 22.9. The molecule has 0 saturated heterocycles. The molecule has 1 heteroatoms. The highest BCUT2D eigenvalue weighted by Gasteiger charge is 2.20. The first kappa shape index (κ1) is 23.2. The fraction of sp³-hybridized carbons (Fsp3) is 0. The number of aromatic nitrogens is 1. The summed E-state index contributed by atoms with van der Waals surface area (Å²) in [5.41, 5.74) is 5.00. The Morgan fingerprint density at radius 1 is 0.310 bits per heavy atom. The Bertz CT molecular complexity index is 2290. The molecule has 8 aromatic carbocycles. The molecular weight excluding hydrogens is 506 g/mol. The van der Waals surface area contributed by atoms with Crippen molar-refractivity contribution in [3.63, 3.8) is 0 Å². The van der Waals surface area contributed by atoms with Gasteiger partial charge in [0.2, 0.25) is 0 Å². The lowest BCUT2D eigenvalue weighted by molar-refractivity contribution is 1.37. The van der Waals surface area contributed by atoms with Crippen LogP contribution < -0.4 is 0 Å². The third-order valence-electron chi connectivity index (χ3n) is 8.90. The van der Waals surface area contributed by atoms with Crippen molar-refractivity contribution in [3.05, 3.63) is 152 Å². The molecule has 0 radical (unpaired) electrons. The molecule has 0 amide bonds. The van der Waals surface area contributed by atoms with Gasteiger partial charge >= 0.3 is 0 Å². The van der Waals surface area contributed by atoms with E-state index in [1.54, 1.807) is 0 Å². The monoisotopic (exact) mass is 531 g/mol. The topological polar surface area (TPSA) is 12.9 Å². The van der Waals surface area contributed by atoms with Crippen LogP contribution in [0.3, 0.4) is 0 Å². The van der Waals surface area contributed by atoms with Gasteiger partial charge in [-0.2, -0.15) is 0 Å². The normalized spacial score (nSPS) is 11.8. The van der Waals surface area contributed by atoms with E-state index in [0.29, 0.717) is 0 Å². The number of pyridine rings is 1. The molecule has 1 heterocycles.